The van der Waals surface area contributed by atoms with Gasteiger partial charge in [-0.05, 0) is 99.7 Å². The molecule has 0 saturated heterocycles. The summed E-state index contributed by atoms with van der Waals surface area (Å²) in [6.07, 6.45) is 7.08. The van der Waals surface area contributed by atoms with Gasteiger partial charge in [-0.3, -0.25) is 14.4 Å². The Morgan fingerprint density at radius 2 is 1.50 bits per heavy atom. The van der Waals surface area contributed by atoms with Crippen molar-refractivity contribution in [3.8, 4) is 0 Å². The van der Waals surface area contributed by atoms with Gasteiger partial charge < -0.3 is 20.4 Å². The third-order valence-corrected chi connectivity index (χ3v) is 9.02. The minimum absolute atomic E-state index is 0.00601. The Morgan fingerprint density at radius 1 is 0.860 bits per heavy atom. The Kier molecular flexibility index (Phi) is 15.8. The maximum Gasteiger partial charge on any atom is 0.246 e. The Bertz CT molecular complexity index is 1670. The SMILES string of the molecule is CCN(C=O)C(Cc1ccc(F)cc1)C(=O)NCCc1ccccc1.CNC(C)(C)C/C=C/C(=O)N(C)[C@@H](C)Cc1ccc2ccccc2c1. The van der Waals surface area contributed by atoms with E-state index in [0.717, 1.165) is 30.4 Å². The van der Waals surface area contributed by atoms with Crippen LogP contribution in [-0.4, -0.2) is 72.8 Å². The second-order valence-electron chi connectivity index (χ2n) is 13.2. The van der Waals surface area contributed by atoms with Gasteiger partial charge in [0.15, 0.2) is 0 Å². The summed E-state index contributed by atoms with van der Waals surface area (Å²) in [5.74, 6) is -0.468. The van der Waals surface area contributed by atoms with Gasteiger partial charge in [0.05, 0.1) is 0 Å². The standard InChI is InChI=1S/C22H30N2O.C20H23FN2O2/c1-17(24(5)21(25)11-8-14-22(2,3)23-4)15-18-12-13-19-9-6-7-10-20(19)16-18;1-2-23(15-24)19(14-17-8-10-18(21)11-9-17)20(25)22-13-12-16-6-4-3-5-7-16/h6-13,16-17,23H,14-15H2,1-5H3;3-11,15,19H,2,12-14H2,1H3,(H,22,25)/b11-8+;/t17-;/m0./s1. The van der Waals surface area contributed by atoms with Gasteiger partial charge in [0.1, 0.15) is 11.9 Å². The zero-order chi connectivity index (χ0) is 36.5. The molecular formula is C42H53FN4O3. The highest BCUT2D eigenvalue weighted by Gasteiger charge is 2.24. The Balaban J connectivity index is 0.000000270. The zero-order valence-electron chi connectivity index (χ0n) is 30.4. The Morgan fingerprint density at radius 3 is 2.14 bits per heavy atom. The predicted molar refractivity (Wildman–Crippen MR) is 202 cm³/mol. The highest BCUT2D eigenvalue weighted by atomic mass is 19.1. The number of carbonyl (C=O) groups is 3. The second-order valence-corrected chi connectivity index (χ2v) is 13.2. The molecule has 266 valence electrons. The summed E-state index contributed by atoms with van der Waals surface area (Å²) in [5.41, 5.74) is 3.21. The molecule has 4 aromatic carbocycles. The van der Waals surface area contributed by atoms with E-state index in [-0.39, 0.29) is 29.2 Å². The van der Waals surface area contributed by atoms with Crippen LogP contribution in [0.4, 0.5) is 4.39 Å². The van der Waals surface area contributed by atoms with E-state index in [4.69, 9.17) is 0 Å². The van der Waals surface area contributed by atoms with Crippen molar-refractivity contribution in [3.05, 3.63) is 132 Å². The lowest BCUT2D eigenvalue weighted by molar-refractivity contribution is -0.132. The van der Waals surface area contributed by atoms with Gasteiger partial charge in [-0.2, -0.15) is 0 Å². The smallest absolute Gasteiger partial charge is 0.246 e. The van der Waals surface area contributed by atoms with Gasteiger partial charge in [-0.15, -0.1) is 0 Å². The first kappa shape index (κ1) is 39.6. The van der Waals surface area contributed by atoms with Crippen LogP contribution in [0, 0.1) is 5.82 Å². The molecule has 2 atom stereocenters. The molecule has 0 aromatic heterocycles. The maximum atomic E-state index is 13.1. The fraction of sp³-hybridized carbons (Fsp3) is 0.357. The van der Waals surface area contributed by atoms with Crippen LogP contribution in [0.2, 0.25) is 0 Å². The number of carbonyl (C=O) groups excluding carboxylic acids is 3. The van der Waals surface area contributed by atoms with Crippen LogP contribution in [0.1, 0.15) is 50.8 Å². The fourth-order valence-electron chi connectivity index (χ4n) is 5.40. The van der Waals surface area contributed by atoms with E-state index >= 15 is 0 Å². The average Bonchev–Trinajstić information content (AvgIpc) is 3.12. The Hall–Kier alpha value is -4.82. The molecule has 4 aromatic rings. The molecule has 0 saturated carbocycles. The van der Waals surface area contributed by atoms with Crippen molar-refractivity contribution in [1.82, 2.24) is 20.4 Å². The maximum absolute atomic E-state index is 13.1. The quantitative estimate of drug-likeness (QED) is 0.101. The number of amides is 3. The number of hydrogen-bond donors (Lipinski definition) is 2. The summed E-state index contributed by atoms with van der Waals surface area (Å²) in [5, 5.41) is 8.63. The summed E-state index contributed by atoms with van der Waals surface area (Å²) < 4.78 is 13.1. The topological polar surface area (TPSA) is 81.8 Å². The molecule has 0 heterocycles. The molecule has 0 aliphatic heterocycles. The number of likely N-dealkylation sites (N-methyl/N-ethyl adjacent to an activating group) is 2. The van der Waals surface area contributed by atoms with Crippen LogP contribution in [0.3, 0.4) is 0 Å². The van der Waals surface area contributed by atoms with Crippen molar-refractivity contribution in [2.75, 3.05) is 27.2 Å². The zero-order valence-corrected chi connectivity index (χ0v) is 30.4. The third kappa shape index (κ3) is 12.9. The summed E-state index contributed by atoms with van der Waals surface area (Å²) >= 11 is 0. The van der Waals surface area contributed by atoms with Gasteiger partial charge >= 0.3 is 0 Å². The van der Waals surface area contributed by atoms with Crippen LogP contribution in [0.5, 0.6) is 0 Å². The second kappa shape index (κ2) is 20.0. The minimum atomic E-state index is -0.608. The van der Waals surface area contributed by atoms with Crippen molar-refractivity contribution >= 4 is 29.0 Å². The van der Waals surface area contributed by atoms with Gasteiger partial charge in [0.25, 0.3) is 0 Å². The summed E-state index contributed by atoms with van der Waals surface area (Å²) in [6, 6.07) is 30.3. The predicted octanol–water partition coefficient (Wildman–Crippen LogP) is 6.75. The van der Waals surface area contributed by atoms with Gasteiger partial charge in [-0.1, -0.05) is 91.0 Å². The first-order valence-corrected chi connectivity index (χ1v) is 17.3. The third-order valence-electron chi connectivity index (χ3n) is 9.02. The summed E-state index contributed by atoms with van der Waals surface area (Å²) in [6.45, 7) is 9.09. The van der Waals surface area contributed by atoms with Crippen LogP contribution in [-0.2, 0) is 33.6 Å². The van der Waals surface area contributed by atoms with E-state index in [1.54, 1.807) is 18.2 Å². The molecule has 0 bridgehead atoms. The number of rotatable bonds is 16. The first-order chi connectivity index (χ1) is 24.0. The van der Waals surface area contributed by atoms with Crippen LogP contribution in [0.25, 0.3) is 10.8 Å². The van der Waals surface area contributed by atoms with Crippen molar-refractivity contribution in [3.63, 3.8) is 0 Å². The number of nitrogens with one attached hydrogen (secondary N) is 2. The normalized spacial score (nSPS) is 12.5. The van der Waals surface area contributed by atoms with E-state index in [9.17, 15) is 18.8 Å². The highest BCUT2D eigenvalue weighted by Crippen LogP contribution is 2.18. The van der Waals surface area contributed by atoms with E-state index in [1.165, 1.54) is 33.4 Å². The molecule has 2 N–H and O–H groups in total. The number of fused-ring (bicyclic) bond motifs is 1. The molecule has 3 amide bonds. The lowest BCUT2D eigenvalue weighted by Crippen LogP contribution is -2.48. The molecule has 7 nitrogen and oxygen atoms in total. The number of nitrogens with zero attached hydrogens (tertiary/aromatic N) is 2. The van der Waals surface area contributed by atoms with Crippen molar-refractivity contribution < 1.29 is 18.8 Å². The van der Waals surface area contributed by atoms with E-state index in [0.29, 0.717) is 25.9 Å². The van der Waals surface area contributed by atoms with Gasteiger partial charge in [-0.25, -0.2) is 4.39 Å². The lowest BCUT2D eigenvalue weighted by Gasteiger charge is -2.26. The molecule has 0 radical (unpaired) electrons. The molecule has 4 rings (SSSR count). The van der Waals surface area contributed by atoms with Crippen molar-refractivity contribution in [2.45, 2.75) is 71.0 Å². The molecule has 0 fully saturated rings. The van der Waals surface area contributed by atoms with Gasteiger partial charge in [0.2, 0.25) is 18.2 Å². The lowest BCUT2D eigenvalue weighted by atomic mass is 10.0. The number of halogens is 1. The van der Waals surface area contributed by atoms with Crippen molar-refractivity contribution in [1.29, 1.82) is 0 Å². The van der Waals surface area contributed by atoms with E-state index < -0.39 is 6.04 Å². The molecule has 0 aliphatic rings. The monoisotopic (exact) mass is 680 g/mol. The molecular weight excluding hydrogens is 627 g/mol. The molecule has 50 heavy (non-hydrogen) atoms. The first-order valence-electron chi connectivity index (χ1n) is 17.3. The largest absolute Gasteiger partial charge is 0.354 e. The molecule has 1 unspecified atom stereocenters. The van der Waals surface area contributed by atoms with Gasteiger partial charge in [0, 0.05) is 38.1 Å². The molecule has 0 aliphatic carbocycles. The van der Waals surface area contributed by atoms with Crippen LogP contribution in [0.15, 0.2) is 109 Å². The van der Waals surface area contributed by atoms with E-state index in [2.05, 4.69) is 73.9 Å². The average molecular weight is 681 g/mol. The fourth-order valence-corrected chi connectivity index (χ4v) is 5.40. The summed E-state index contributed by atoms with van der Waals surface area (Å²) in [4.78, 5) is 39.5. The molecule has 8 heteroatoms. The molecule has 0 spiro atoms. The highest BCUT2D eigenvalue weighted by molar-refractivity contribution is 5.87. The van der Waals surface area contributed by atoms with E-state index in [1.807, 2.05) is 62.3 Å². The number of hydrogen-bond acceptors (Lipinski definition) is 4. The minimum Gasteiger partial charge on any atom is -0.354 e. The van der Waals surface area contributed by atoms with Crippen LogP contribution < -0.4 is 10.6 Å². The summed E-state index contributed by atoms with van der Waals surface area (Å²) in [7, 11) is 3.81. The van der Waals surface area contributed by atoms with Crippen molar-refractivity contribution in [2.24, 2.45) is 0 Å². The number of benzene rings is 4. The Labute approximate surface area is 297 Å². The van der Waals surface area contributed by atoms with Crippen LogP contribution >= 0.6 is 0 Å².